The average Bonchev–Trinajstić information content (AvgIpc) is 3.22. The van der Waals surface area contributed by atoms with E-state index in [0.29, 0.717) is 11.6 Å². The van der Waals surface area contributed by atoms with E-state index >= 15 is 0 Å². The summed E-state index contributed by atoms with van der Waals surface area (Å²) in [5.41, 5.74) is 2.23. The summed E-state index contributed by atoms with van der Waals surface area (Å²) < 4.78 is 5.80. The second kappa shape index (κ2) is 8.80. The monoisotopic (exact) mass is 411 g/mol. The average molecular weight is 412 g/mol. The van der Waals surface area contributed by atoms with E-state index in [1.807, 2.05) is 46.7 Å². The minimum Gasteiger partial charge on any atom is -0.489 e. The maximum Gasteiger partial charge on any atom is 0.264 e. The Morgan fingerprint density at radius 3 is 2.68 bits per heavy atom. The van der Waals surface area contributed by atoms with Gasteiger partial charge in [-0.05, 0) is 60.5 Å². The van der Waals surface area contributed by atoms with E-state index in [-0.39, 0.29) is 11.9 Å². The molecule has 1 aliphatic heterocycles. The number of likely N-dealkylation sites (tertiary alicyclic amines) is 1. The van der Waals surface area contributed by atoms with Crippen molar-refractivity contribution in [3.05, 3.63) is 87.1 Å². The molecule has 3 aromatic rings. The van der Waals surface area contributed by atoms with Crippen molar-refractivity contribution in [3.63, 3.8) is 0 Å². The molecule has 0 aliphatic carbocycles. The Hall–Kier alpha value is -2.30. The van der Waals surface area contributed by atoms with E-state index in [0.717, 1.165) is 42.0 Å². The normalized spacial score (nSPS) is 16.8. The highest BCUT2D eigenvalue weighted by Gasteiger charge is 2.29. The Kier molecular flexibility index (Phi) is 5.98. The maximum absolute atomic E-state index is 13.2. The fraction of sp³-hybridized carbons (Fsp3) is 0.261. The van der Waals surface area contributed by atoms with E-state index in [1.165, 1.54) is 16.9 Å². The molecule has 1 unspecified atom stereocenters. The van der Waals surface area contributed by atoms with Crippen molar-refractivity contribution >= 4 is 28.8 Å². The summed E-state index contributed by atoms with van der Waals surface area (Å²) in [6.07, 6.45) is 3.24. The summed E-state index contributed by atoms with van der Waals surface area (Å²) in [5, 5.41) is 2.69. The lowest BCUT2D eigenvalue weighted by Gasteiger charge is -2.36. The van der Waals surface area contributed by atoms with Gasteiger partial charge in [-0.25, -0.2) is 0 Å². The maximum atomic E-state index is 13.2. The van der Waals surface area contributed by atoms with Crippen LogP contribution in [0.1, 0.15) is 46.1 Å². The molecule has 0 saturated carbocycles. The van der Waals surface area contributed by atoms with Crippen molar-refractivity contribution in [3.8, 4) is 5.75 Å². The fourth-order valence-corrected chi connectivity index (χ4v) is 4.58. The number of rotatable bonds is 5. The number of halogens is 1. The molecule has 2 aromatic carbocycles. The van der Waals surface area contributed by atoms with Crippen LogP contribution in [0.25, 0.3) is 0 Å². The number of benzene rings is 2. The lowest BCUT2D eigenvalue weighted by Crippen LogP contribution is -2.38. The van der Waals surface area contributed by atoms with Gasteiger partial charge in [-0.2, -0.15) is 0 Å². The van der Waals surface area contributed by atoms with Crippen LogP contribution in [0.15, 0.2) is 66.0 Å². The molecule has 1 fully saturated rings. The molecule has 1 amide bonds. The zero-order chi connectivity index (χ0) is 19.3. The van der Waals surface area contributed by atoms with Crippen molar-refractivity contribution in [1.29, 1.82) is 0 Å². The number of ether oxygens (including phenoxy) is 1. The zero-order valence-corrected chi connectivity index (χ0v) is 17.1. The molecule has 1 atom stereocenters. The number of thiophene rings is 1. The van der Waals surface area contributed by atoms with Gasteiger partial charge in [-0.3, -0.25) is 4.79 Å². The summed E-state index contributed by atoms with van der Waals surface area (Å²) in [7, 11) is 0. The van der Waals surface area contributed by atoms with Crippen LogP contribution in [0.5, 0.6) is 5.75 Å². The first-order valence-electron chi connectivity index (χ1n) is 9.52. The first-order valence-corrected chi connectivity index (χ1v) is 10.8. The second-order valence-corrected chi connectivity index (χ2v) is 8.33. The number of piperidine rings is 1. The molecule has 144 valence electrons. The SMILES string of the molecule is O=C(c1cc(COc2ccc(Cl)cc2)cs1)N1CCCCC1c1ccccc1. The third-order valence-electron chi connectivity index (χ3n) is 5.03. The zero-order valence-electron chi connectivity index (χ0n) is 15.5. The van der Waals surface area contributed by atoms with Gasteiger partial charge in [0, 0.05) is 17.1 Å². The molecule has 1 saturated heterocycles. The van der Waals surface area contributed by atoms with Crippen LogP contribution in [0.3, 0.4) is 0 Å². The number of hydrogen-bond acceptors (Lipinski definition) is 3. The largest absolute Gasteiger partial charge is 0.489 e. The fourth-order valence-electron chi connectivity index (χ4n) is 3.60. The van der Waals surface area contributed by atoms with E-state index < -0.39 is 0 Å². The minimum atomic E-state index is 0.122. The standard InChI is InChI=1S/C23H22ClNO2S/c24-19-9-11-20(12-10-19)27-15-17-14-22(28-16-17)23(26)25-13-5-4-8-21(25)18-6-2-1-3-7-18/h1-3,6-7,9-12,14,16,21H,4-5,8,13,15H2. The van der Waals surface area contributed by atoms with Gasteiger partial charge in [-0.1, -0.05) is 41.9 Å². The Bertz CT molecular complexity index is 923. The molecule has 1 aliphatic rings. The van der Waals surface area contributed by atoms with Crippen LogP contribution in [0.2, 0.25) is 5.02 Å². The van der Waals surface area contributed by atoms with Gasteiger partial charge in [-0.15, -0.1) is 11.3 Å². The lowest BCUT2D eigenvalue weighted by molar-refractivity contribution is 0.0616. The quantitative estimate of drug-likeness (QED) is 0.489. The molecule has 1 aromatic heterocycles. The molecule has 28 heavy (non-hydrogen) atoms. The number of nitrogens with zero attached hydrogens (tertiary/aromatic N) is 1. The first-order chi connectivity index (χ1) is 13.7. The molecule has 0 radical (unpaired) electrons. The van der Waals surface area contributed by atoms with Crippen molar-refractivity contribution < 1.29 is 9.53 Å². The summed E-state index contributed by atoms with van der Waals surface area (Å²) in [6.45, 7) is 1.25. The Labute approximate surface area is 174 Å². The summed E-state index contributed by atoms with van der Waals surface area (Å²) in [6, 6.07) is 19.8. The van der Waals surface area contributed by atoms with Crippen LogP contribution in [0, 0.1) is 0 Å². The topological polar surface area (TPSA) is 29.5 Å². The smallest absolute Gasteiger partial charge is 0.264 e. The molecular formula is C23H22ClNO2S. The van der Waals surface area contributed by atoms with E-state index in [4.69, 9.17) is 16.3 Å². The van der Waals surface area contributed by atoms with Crippen LogP contribution >= 0.6 is 22.9 Å². The number of hydrogen-bond donors (Lipinski definition) is 0. The van der Waals surface area contributed by atoms with Crippen molar-refractivity contribution in [2.24, 2.45) is 0 Å². The second-order valence-electron chi connectivity index (χ2n) is 6.98. The van der Waals surface area contributed by atoms with Gasteiger partial charge in [0.05, 0.1) is 10.9 Å². The number of amides is 1. The highest BCUT2D eigenvalue weighted by Crippen LogP contribution is 2.33. The molecule has 2 heterocycles. The minimum absolute atomic E-state index is 0.122. The summed E-state index contributed by atoms with van der Waals surface area (Å²) in [5.74, 6) is 0.889. The van der Waals surface area contributed by atoms with E-state index in [9.17, 15) is 4.79 Å². The lowest BCUT2D eigenvalue weighted by atomic mass is 9.95. The predicted molar refractivity (Wildman–Crippen MR) is 114 cm³/mol. The van der Waals surface area contributed by atoms with Crippen LogP contribution in [-0.2, 0) is 6.61 Å². The summed E-state index contributed by atoms with van der Waals surface area (Å²) >= 11 is 7.39. The van der Waals surface area contributed by atoms with Crippen LogP contribution in [-0.4, -0.2) is 17.4 Å². The van der Waals surface area contributed by atoms with Gasteiger partial charge in [0.15, 0.2) is 0 Å². The third-order valence-corrected chi connectivity index (χ3v) is 6.25. The highest BCUT2D eigenvalue weighted by molar-refractivity contribution is 7.12. The molecule has 5 heteroatoms. The van der Waals surface area contributed by atoms with Gasteiger partial charge in [0.2, 0.25) is 0 Å². The first kappa shape index (κ1) is 19.0. The molecule has 4 rings (SSSR count). The van der Waals surface area contributed by atoms with Crippen LogP contribution < -0.4 is 4.74 Å². The Balaban J connectivity index is 1.44. The molecule has 0 N–H and O–H groups in total. The molecule has 0 spiro atoms. The number of carbonyl (C=O) groups excluding carboxylic acids is 1. The third kappa shape index (κ3) is 4.40. The molecule has 0 bridgehead atoms. The molecule has 3 nitrogen and oxygen atoms in total. The number of carbonyl (C=O) groups is 1. The summed E-state index contributed by atoms with van der Waals surface area (Å²) in [4.78, 5) is 16.0. The van der Waals surface area contributed by atoms with Crippen LogP contribution in [0.4, 0.5) is 0 Å². The van der Waals surface area contributed by atoms with Gasteiger partial charge in [0.1, 0.15) is 12.4 Å². The Morgan fingerprint density at radius 1 is 1.11 bits per heavy atom. The van der Waals surface area contributed by atoms with Gasteiger partial charge < -0.3 is 9.64 Å². The Morgan fingerprint density at radius 2 is 1.89 bits per heavy atom. The van der Waals surface area contributed by atoms with Crippen molar-refractivity contribution in [1.82, 2.24) is 4.90 Å². The molecular weight excluding hydrogens is 390 g/mol. The van der Waals surface area contributed by atoms with Crippen molar-refractivity contribution in [2.75, 3.05) is 6.54 Å². The van der Waals surface area contributed by atoms with E-state index in [2.05, 4.69) is 12.1 Å². The van der Waals surface area contributed by atoms with E-state index in [1.54, 1.807) is 12.1 Å². The van der Waals surface area contributed by atoms with Crippen molar-refractivity contribution in [2.45, 2.75) is 31.9 Å². The van der Waals surface area contributed by atoms with Gasteiger partial charge in [0.25, 0.3) is 5.91 Å². The van der Waals surface area contributed by atoms with Gasteiger partial charge >= 0.3 is 0 Å². The predicted octanol–water partition coefficient (Wildman–Crippen LogP) is 6.35. The highest BCUT2D eigenvalue weighted by atomic mass is 35.5.